The average molecular weight is 308 g/mol. The van der Waals surface area contributed by atoms with Crippen molar-refractivity contribution in [2.24, 2.45) is 0 Å². The Morgan fingerprint density at radius 3 is 2.25 bits per heavy atom. The third kappa shape index (κ3) is 3.76. The van der Waals surface area contributed by atoms with Crippen molar-refractivity contribution < 1.29 is 0 Å². The molecule has 2 atom stereocenters. The van der Waals surface area contributed by atoms with Crippen molar-refractivity contribution in [3.8, 4) is 0 Å². The van der Waals surface area contributed by atoms with E-state index in [0.29, 0.717) is 10.0 Å². The molecule has 0 saturated carbocycles. The lowest BCUT2D eigenvalue weighted by molar-refractivity contribution is 0.456. The molecule has 0 radical (unpaired) electrons. The second-order valence-electron chi connectivity index (χ2n) is 4.93. The van der Waals surface area contributed by atoms with Crippen LogP contribution in [0.1, 0.15) is 43.5 Å². The summed E-state index contributed by atoms with van der Waals surface area (Å²) in [5.74, 6) is 0. The van der Waals surface area contributed by atoms with Gasteiger partial charge in [-0.05, 0) is 36.6 Å². The summed E-state index contributed by atoms with van der Waals surface area (Å²) in [6.07, 6.45) is 0.995. The number of nitrogens with one attached hydrogen (secondary N) is 1. The number of halogens is 2. The van der Waals surface area contributed by atoms with Gasteiger partial charge in [-0.1, -0.05) is 66.5 Å². The highest BCUT2D eigenvalue weighted by molar-refractivity contribution is 6.42. The first-order valence-electron chi connectivity index (χ1n) is 6.87. The van der Waals surface area contributed by atoms with Crippen molar-refractivity contribution >= 4 is 23.2 Å². The Labute approximate surface area is 130 Å². The molecule has 0 aliphatic rings. The highest BCUT2D eigenvalue weighted by atomic mass is 35.5. The van der Waals surface area contributed by atoms with Crippen LogP contribution in [0.15, 0.2) is 48.5 Å². The van der Waals surface area contributed by atoms with E-state index in [4.69, 9.17) is 23.2 Å². The van der Waals surface area contributed by atoms with E-state index in [1.165, 1.54) is 11.1 Å². The molecule has 20 heavy (non-hydrogen) atoms. The summed E-state index contributed by atoms with van der Waals surface area (Å²) in [7, 11) is 0. The molecule has 2 rings (SSSR count). The van der Waals surface area contributed by atoms with E-state index in [2.05, 4.69) is 43.4 Å². The smallest absolute Gasteiger partial charge is 0.0595 e. The minimum Gasteiger partial charge on any atom is -0.303 e. The van der Waals surface area contributed by atoms with E-state index >= 15 is 0 Å². The molecule has 0 amide bonds. The van der Waals surface area contributed by atoms with Gasteiger partial charge in [0.15, 0.2) is 0 Å². The second kappa shape index (κ2) is 7.12. The molecule has 1 unspecified atom stereocenters. The summed E-state index contributed by atoms with van der Waals surface area (Å²) in [6.45, 7) is 4.34. The zero-order chi connectivity index (χ0) is 14.5. The van der Waals surface area contributed by atoms with E-state index < -0.39 is 0 Å². The van der Waals surface area contributed by atoms with Crippen LogP contribution in [-0.2, 0) is 0 Å². The van der Waals surface area contributed by atoms with Crippen LogP contribution in [0.3, 0.4) is 0 Å². The van der Waals surface area contributed by atoms with Crippen molar-refractivity contribution in [2.45, 2.75) is 32.4 Å². The Kier molecular flexibility index (Phi) is 5.47. The van der Waals surface area contributed by atoms with Gasteiger partial charge >= 0.3 is 0 Å². The number of hydrogen-bond donors (Lipinski definition) is 1. The van der Waals surface area contributed by atoms with Gasteiger partial charge in [0.05, 0.1) is 10.0 Å². The number of hydrogen-bond acceptors (Lipinski definition) is 1. The van der Waals surface area contributed by atoms with Crippen molar-refractivity contribution in [2.75, 3.05) is 0 Å². The highest BCUT2D eigenvalue weighted by Gasteiger charge is 2.14. The van der Waals surface area contributed by atoms with Gasteiger partial charge in [0, 0.05) is 12.1 Å². The molecule has 0 spiro atoms. The van der Waals surface area contributed by atoms with Crippen LogP contribution in [0, 0.1) is 0 Å². The van der Waals surface area contributed by atoms with Gasteiger partial charge in [0.25, 0.3) is 0 Å². The molecule has 0 aromatic heterocycles. The summed E-state index contributed by atoms with van der Waals surface area (Å²) in [6, 6.07) is 16.8. The van der Waals surface area contributed by atoms with Gasteiger partial charge in [-0.3, -0.25) is 0 Å². The fraction of sp³-hybridized carbons (Fsp3) is 0.294. The topological polar surface area (TPSA) is 12.0 Å². The quantitative estimate of drug-likeness (QED) is 0.736. The molecule has 1 N–H and O–H groups in total. The maximum absolute atomic E-state index is 6.11. The predicted octanol–water partition coefficient (Wildman–Crippen LogP) is 5.80. The summed E-state index contributed by atoms with van der Waals surface area (Å²) < 4.78 is 0. The molecular weight excluding hydrogens is 289 g/mol. The van der Waals surface area contributed by atoms with Gasteiger partial charge < -0.3 is 5.32 Å². The maximum Gasteiger partial charge on any atom is 0.0595 e. The van der Waals surface area contributed by atoms with Crippen molar-refractivity contribution in [1.82, 2.24) is 5.32 Å². The first-order chi connectivity index (χ1) is 9.61. The minimum atomic E-state index is 0.264. The molecule has 2 aromatic carbocycles. The van der Waals surface area contributed by atoms with Crippen LogP contribution in [0.5, 0.6) is 0 Å². The van der Waals surface area contributed by atoms with E-state index in [1.54, 1.807) is 0 Å². The predicted molar refractivity (Wildman–Crippen MR) is 87.5 cm³/mol. The van der Waals surface area contributed by atoms with Gasteiger partial charge in [0.1, 0.15) is 0 Å². The lowest BCUT2D eigenvalue weighted by Gasteiger charge is -2.23. The summed E-state index contributed by atoms with van der Waals surface area (Å²) in [5.41, 5.74) is 2.45. The van der Waals surface area contributed by atoms with E-state index in [0.717, 1.165) is 6.42 Å². The van der Waals surface area contributed by atoms with E-state index in [-0.39, 0.29) is 12.1 Å². The number of rotatable bonds is 5. The van der Waals surface area contributed by atoms with Crippen molar-refractivity contribution in [3.05, 3.63) is 69.7 Å². The zero-order valence-corrected chi connectivity index (χ0v) is 13.2. The first-order valence-corrected chi connectivity index (χ1v) is 7.63. The van der Waals surface area contributed by atoms with Gasteiger partial charge in [-0.2, -0.15) is 0 Å². The highest BCUT2D eigenvalue weighted by Crippen LogP contribution is 2.28. The van der Waals surface area contributed by atoms with Gasteiger partial charge in [0.2, 0.25) is 0 Å². The van der Waals surface area contributed by atoms with Crippen LogP contribution in [0.25, 0.3) is 0 Å². The molecule has 3 heteroatoms. The normalized spacial score (nSPS) is 14.0. The Balaban J connectivity index is 2.14. The molecule has 0 aliphatic heterocycles. The fourth-order valence-corrected chi connectivity index (χ4v) is 2.63. The monoisotopic (exact) mass is 307 g/mol. The minimum absolute atomic E-state index is 0.264. The largest absolute Gasteiger partial charge is 0.303 e. The lowest BCUT2D eigenvalue weighted by Crippen LogP contribution is -2.24. The molecule has 0 bridgehead atoms. The standard InChI is InChI=1S/C17H19Cl2N/c1-3-17(14-9-10-15(18)16(19)11-14)20-12(2)13-7-5-4-6-8-13/h4-12,17,20H,3H2,1-2H3/t12-,17?/m0/s1. The summed E-state index contributed by atoms with van der Waals surface area (Å²) in [4.78, 5) is 0. The zero-order valence-electron chi connectivity index (χ0n) is 11.7. The van der Waals surface area contributed by atoms with Gasteiger partial charge in [-0.25, -0.2) is 0 Å². The third-order valence-electron chi connectivity index (χ3n) is 3.51. The van der Waals surface area contributed by atoms with E-state index in [1.807, 2.05) is 24.3 Å². The van der Waals surface area contributed by atoms with Crippen LogP contribution in [0.4, 0.5) is 0 Å². The molecular formula is C17H19Cl2N. The molecule has 1 nitrogen and oxygen atoms in total. The van der Waals surface area contributed by atoms with Crippen molar-refractivity contribution in [3.63, 3.8) is 0 Å². The van der Waals surface area contributed by atoms with Crippen LogP contribution >= 0.6 is 23.2 Å². The van der Waals surface area contributed by atoms with Crippen LogP contribution in [0.2, 0.25) is 10.0 Å². The second-order valence-corrected chi connectivity index (χ2v) is 5.75. The average Bonchev–Trinajstić information content (AvgIpc) is 2.48. The fourth-order valence-electron chi connectivity index (χ4n) is 2.32. The van der Waals surface area contributed by atoms with E-state index in [9.17, 15) is 0 Å². The third-order valence-corrected chi connectivity index (χ3v) is 4.24. The maximum atomic E-state index is 6.11. The molecule has 0 fully saturated rings. The Bertz CT molecular complexity index is 554. The van der Waals surface area contributed by atoms with Crippen molar-refractivity contribution in [1.29, 1.82) is 0 Å². The molecule has 2 aromatic rings. The molecule has 0 saturated heterocycles. The Morgan fingerprint density at radius 2 is 1.65 bits per heavy atom. The molecule has 106 valence electrons. The van der Waals surface area contributed by atoms with Gasteiger partial charge in [-0.15, -0.1) is 0 Å². The lowest BCUT2D eigenvalue weighted by atomic mass is 10.0. The Morgan fingerprint density at radius 1 is 0.950 bits per heavy atom. The summed E-state index contributed by atoms with van der Waals surface area (Å²) in [5, 5.41) is 4.85. The molecule has 0 heterocycles. The number of benzene rings is 2. The SMILES string of the molecule is CCC(N[C@@H](C)c1ccccc1)c1ccc(Cl)c(Cl)c1. The summed E-state index contributed by atoms with van der Waals surface area (Å²) >= 11 is 12.1. The van der Waals surface area contributed by atoms with Crippen LogP contribution in [-0.4, -0.2) is 0 Å². The first kappa shape index (κ1) is 15.4. The Hall–Kier alpha value is -1.02. The van der Waals surface area contributed by atoms with Crippen LogP contribution < -0.4 is 5.32 Å². The molecule has 0 aliphatic carbocycles.